The van der Waals surface area contributed by atoms with Crippen LogP contribution in [0, 0.1) is 0 Å². The summed E-state index contributed by atoms with van der Waals surface area (Å²) < 4.78 is 4.56. The van der Waals surface area contributed by atoms with Crippen molar-refractivity contribution in [3.05, 3.63) is 12.2 Å². The van der Waals surface area contributed by atoms with E-state index in [1.165, 1.54) is 6.08 Å². The second kappa shape index (κ2) is 7.17. The summed E-state index contributed by atoms with van der Waals surface area (Å²) in [6, 6.07) is 0. The zero-order valence-corrected chi connectivity index (χ0v) is 5.89. The third-order valence-electron chi connectivity index (χ3n) is 0.589. The summed E-state index contributed by atoms with van der Waals surface area (Å²) in [5.74, 6) is -0.269. The van der Waals surface area contributed by atoms with Crippen molar-refractivity contribution in [2.45, 2.75) is 13.8 Å². The monoisotopic (exact) mass is 131 g/mol. The smallest absolute Gasteiger partial charge is 0.330 e. The Kier molecular flexibility index (Phi) is 8.79. The standard InChI is InChI=1S/C6H10O2.H3N/c1-3-5-6(7)8-4-2;/h3,5H,4H2,1-2H3;1H3/b5-3+;. The predicted octanol–water partition coefficient (Wildman–Crippen LogP) is 1.29. The third kappa shape index (κ3) is 7.17. The molecular weight excluding hydrogens is 118 g/mol. The summed E-state index contributed by atoms with van der Waals surface area (Å²) in [7, 11) is 0. The van der Waals surface area contributed by atoms with E-state index in [1.807, 2.05) is 0 Å². The van der Waals surface area contributed by atoms with Gasteiger partial charge in [-0.2, -0.15) is 0 Å². The van der Waals surface area contributed by atoms with Gasteiger partial charge in [-0.25, -0.2) is 4.79 Å². The molecule has 0 aromatic rings. The maximum atomic E-state index is 10.3. The highest BCUT2D eigenvalue weighted by Crippen LogP contribution is 1.78. The average Bonchev–Trinajstić information content (AvgIpc) is 1.68. The Morgan fingerprint density at radius 2 is 2.22 bits per heavy atom. The van der Waals surface area contributed by atoms with Crippen molar-refractivity contribution < 1.29 is 9.53 Å². The summed E-state index contributed by atoms with van der Waals surface area (Å²) in [4.78, 5) is 10.3. The molecule has 0 atom stereocenters. The van der Waals surface area contributed by atoms with E-state index in [4.69, 9.17) is 0 Å². The molecule has 0 aromatic carbocycles. The fourth-order valence-corrected chi connectivity index (χ4v) is 0.326. The van der Waals surface area contributed by atoms with E-state index in [0.29, 0.717) is 6.61 Å². The van der Waals surface area contributed by atoms with Crippen LogP contribution in [-0.2, 0) is 9.53 Å². The molecule has 3 N–H and O–H groups in total. The molecule has 3 nitrogen and oxygen atoms in total. The van der Waals surface area contributed by atoms with Crippen molar-refractivity contribution in [2.24, 2.45) is 0 Å². The predicted molar refractivity (Wildman–Crippen MR) is 36.5 cm³/mol. The molecule has 54 valence electrons. The molecule has 0 fully saturated rings. The van der Waals surface area contributed by atoms with Gasteiger partial charge < -0.3 is 10.9 Å². The Hall–Kier alpha value is -0.830. The zero-order chi connectivity index (χ0) is 6.41. The quantitative estimate of drug-likeness (QED) is 0.453. The first-order valence-corrected chi connectivity index (χ1v) is 2.60. The van der Waals surface area contributed by atoms with Crippen molar-refractivity contribution in [2.75, 3.05) is 6.61 Å². The lowest BCUT2D eigenvalue weighted by Crippen LogP contribution is -1.98. The summed E-state index contributed by atoms with van der Waals surface area (Å²) >= 11 is 0. The normalized spacial score (nSPS) is 8.67. The van der Waals surface area contributed by atoms with Gasteiger partial charge in [0.1, 0.15) is 0 Å². The van der Waals surface area contributed by atoms with Gasteiger partial charge in [0, 0.05) is 6.08 Å². The van der Waals surface area contributed by atoms with Gasteiger partial charge >= 0.3 is 5.97 Å². The van der Waals surface area contributed by atoms with Gasteiger partial charge in [0.05, 0.1) is 6.61 Å². The summed E-state index contributed by atoms with van der Waals surface area (Å²) in [5, 5.41) is 0. The molecule has 0 heterocycles. The molecule has 0 spiro atoms. The lowest BCUT2D eigenvalue weighted by atomic mass is 10.5. The second-order valence-electron chi connectivity index (χ2n) is 1.25. The highest BCUT2D eigenvalue weighted by molar-refractivity contribution is 5.81. The molecule has 0 saturated carbocycles. The zero-order valence-electron chi connectivity index (χ0n) is 5.89. The van der Waals surface area contributed by atoms with Crippen molar-refractivity contribution in [3.63, 3.8) is 0 Å². The van der Waals surface area contributed by atoms with Gasteiger partial charge in [0.25, 0.3) is 0 Å². The lowest BCUT2D eigenvalue weighted by Gasteiger charge is -1.91. The first kappa shape index (κ1) is 11.0. The number of hydrogen-bond donors (Lipinski definition) is 1. The topological polar surface area (TPSA) is 61.3 Å². The number of carbonyl (C=O) groups excluding carboxylic acids is 1. The molecule has 0 rings (SSSR count). The van der Waals surface area contributed by atoms with Crippen LogP contribution in [0.1, 0.15) is 13.8 Å². The Morgan fingerprint density at radius 1 is 1.67 bits per heavy atom. The van der Waals surface area contributed by atoms with Crippen molar-refractivity contribution >= 4 is 5.97 Å². The minimum Gasteiger partial charge on any atom is -0.463 e. The minimum absolute atomic E-state index is 0. The Labute approximate surface area is 55.3 Å². The Balaban J connectivity index is 0. The Bertz CT molecular complexity index is 99.2. The van der Waals surface area contributed by atoms with Crippen LogP contribution in [0.4, 0.5) is 0 Å². The largest absolute Gasteiger partial charge is 0.463 e. The average molecular weight is 131 g/mol. The number of esters is 1. The van der Waals surface area contributed by atoms with Crippen LogP contribution in [-0.4, -0.2) is 12.6 Å². The fourth-order valence-electron chi connectivity index (χ4n) is 0.326. The van der Waals surface area contributed by atoms with E-state index >= 15 is 0 Å². The lowest BCUT2D eigenvalue weighted by molar-refractivity contribution is -0.137. The van der Waals surface area contributed by atoms with Crippen molar-refractivity contribution in [1.29, 1.82) is 0 Å². The summed E-state index contributed by atoms with van der Waals surface area (Å²) in [6.07, 6.45) is 3.04. The van der Waals surface area contributed by atoms with E-state index < -0.39 is 0 Å². The maximum Gasteiger partial charge on any atom is 0.330 e. The van der Waals surface area contributed by atoms with E-state index in [0.717, 1.165) is 0 Å². The number of ether oxygens (including phenoxy) is 1. The molecule has 0 amide bonds. The van der Waals surface area contributed by atoms with Crippen molar-refractivity contribution in [3.8, 4) is 0 Å². The molecule has 0 aliphatic heterocycles. The molecule has 9 heavy (non-hydrogen) atoms. The van der Waals surface area contributed by atoms with Crippen LogP contribution in [0.3, 0.4) is 0 Å². The molecule has 3 heteroatoms. The number of carbonyl (C=O) groups is 1. The van der Waals surface area contributed by atoms with Crippen LogP contribution >= 0.6 is 0 Å². The maximum absolute atomic E-state index is 10.3. The molecule has 0 aliphatic carbocycles. The van der Waals surface area contributed by atoms with Crippen molar-refractivity contribution in [1.82, 2.24) is 6.15 Å². The highest BCUT2D eigenvalue weighted by Gasteiger charge is 1.88. The molecular formula is C6H13NO2. The third-order valence-corrected chi connectivity index (χ3v) is 0.589. The summed E-state index contributed by atoms with van der Waals surface area (Å²) in [6.45, 7) is 4.00. The molecule has 0 bridgehead atoms. The molecule has 0 unspecified atom stereocenters. The molecule has 0 aromatic heterocycles. The van der Waals surface area contributed by atoms with Gasteiger partial charge in [0.15, 0.2) is 0 Å². The van der Waals surface area contributed by atoms with E-state index in [9.17, 15) is 4.79 Å². The molecule has 0 radical (unpaired) electrons. The first-order valence-electron chi connectivity index (χ1n) is 2.60. The highest BCUT2D eigenvalue weighted by atomic mass is 16.5. The van der Waals surface area contributed by atoms with Crippen LogP contribution in [0.15, 0.2) is 12.2 Å². The number of allylic oxidation sites excluding steroid dienone is 1. The van der Waals surface area contributed by atoms with Gasteiger partial charge in [-0.15, -0.1) is 0 Å². The van der Waals surface area contributed by atoms with Gasteiger partial charge in [-0.1, -0.05) is 6.08 Å². The second-order valence-corrected chi connectivity index (χ2v) is 1.25. The van der Waals surface area contributed by atoms with Crippen LogP contribution < -0.4 is 6.15 Å². The van der Waals surface area contributed by atoms with Gasteiger partial charge in [-0.05, 0) is 13.8 Å². The molecule has 0 saturated heterocycles. The van der Waals surface area contributed by atoms with Gasteiger partial charge in [0.2, 0.25) is 0 Å². The Morgan fingerprint density at radius 3 is 2.56 bits per heavy atom. The fraction of sp³-hybridized carbons (Fsp3) is 0.500. The van der Waals surface area contributed by atoms with E-state index in [1.54, 1.807) is 19.9 Å². The van der Waals surface area contributed by atoms with E-state index in [-0.39, 0.29) is 12.1 Å². The summed E-state index contributed by atoms with van der Waals surface area (Å²) in [5.41, 5.74) is 0. The van der Waals surface area contributed by atoms with Crippen LogP contribution in [0.5, 0.6) is 0 Å². The minimum atomic E-state index is -0.269. The SMILES string of the molecule is C/C=C/C(=O)OCC.N. The van der Waals surface area contributed by atoms with Crippen LogP contribution in [0.25, 0.3) is 0 Å². The van der Waals surface area contributed by atoms with Gasteiger partial charge in [-0.3, -0.25) is 0 Å². The number of rotatable bonds is 2. The number of hydrogen-bond acceptors (Lipinski definition) is 3. The van der Waals surface area contributed by atoms with Crippen LogP contribution in [0.2, 0.25) is 0 Å². The van der Waals surface area contributed by atoms with E-state index in [2.05, 4.69) is 4.74 Å². The first-order chi connectivity index (χ1) is 3.81. The molecule has 0 aliphatic rings.